The summed E-state index contributed by atoms with van der Waals surface area (Å²) >= 11 is 0. The molecule has 0 heterocycles. The summed E-state index contributed by atoms with van der Waals surface area (Å²) < 4.78 is 63.4. The lowest BCUT2D eigenvalue weighted by Gasteiger charge is -2.47. The number of aliphatic hydroxyl groups excluding tert-OH is 3. The molecule has 0 bridgehead atoms. The molecule has 0 radical (unpaired) electrons. The van der Waals surface area contributed by atoms with Crippen LogP contribution >= 0.6 is 23.5 Å². The summed E-state index contributed by atoms with van der Waals surface area (Å²) in [7, 11) is -17.4. The summed E-state index contributed by atoms with van der Waals surface area (Å²) in [4.78, 5) is 93.0. The van der Waals surface area contributed by atoms with Crippen LogP contribution in [-0.4, -0.2) is 119 Å². The first-order valence-corrected chi connectivity index (χ1v) is 15.0. The van der Waals surface area contributed by atoms with Crippen molar-refractivity contribution in [2.75, 3.05) is 19.8 Å². The smallest absolute Gasteiger partial charge is 0.455 e. The van der Waals surface area contributed by atoms with Crippen molar-refractivity contribution in [1.82, 2.24) is 0 Å². The van der Waals surface area contributed by atoms with E-state index in [-0.39, 0.29) is 0 Å². The topological polar surface area (TPSA) is 340 Å². The van der Waals surface area contributed by atoms with Gasteiger partial charge in [0, 0.05) is 0 Å². The van der Waals surface area contributed by atoms with Gasteiger partial charge in [0.15, 0.2) is 18.3 Å². The summed E-state index contributed by atoms with van der Waals surface area (Å²) in [6.07, 6.45) is -17.8. The molecule has 0 aromatic carbocycles. The number of phosphoric ester groups is 3. The van der Waals surface area contributed by atoms with Crippen molar-refractivity contribution in [2.45, 2.75) is 55.9 Å². The minimum atomic E-state index is -5.81. The van der Waals surface area contributed by atoms with Crippen LogP contribution in [0.15, 0.2) is 0 Å². The molecule has 24 heteroatoms. The second-order valence-electron chi connectivity index (χ2n) is 7.47. The molecule has 6 atom stereocenters. The third-order valence-electron chi connectivity index (χ3n) is 4.47. The van der Waals surface area contributed by atoms with Gasteiger partial charge < -0.3 is 58.9 Å². The van der Waals surface area contributed by atoms with Crippen LogP contribution in [0.5, 0.6) is 0 Å². The molecule has 0 unspecified atom stereocenters. The standard InChI is InChI=1S/C15H27O21P3/c16-4-1-7(19)31-10-11(32-8(20)2-5-17)13(34-37(22,23)24)15(36-39(28,29)30)14(35-38(25,26)27)12(10)33-9(21)3-6-18/h10-18H,1-6H2,(H2,22,23,24)(H2,25,26,27)(H2,28,29,30)/t10-,11-,12+,13-,14-,15-/m0/s1. The van der Waals surface area contributed by atoms with Gasteiger partial charge in [-0.15, -0.1) is 0 Å². The van der Waals surface area contributed by atoms with Crippen LogP contribution < -0.4 is 0 Å². The van der Waals surface area contributed by atoms with Gasteiger partial charge in [-0.1, -0.05) is 0 Å². The number of carbonyl (C=O) groups is 3. The zero-order chi connectivity index (χ0) is 30.2. The quantitative estimate of drug-likeness (QED) is 0.0474. The van der Waals surface area contributed by atoms with Crippen molar-refractivity contribution < 1.29 is 101 Å². The molecule has 228 valence electrons. The van der Waals surface area contributed by atoms with E-state index in [1.54, 1.807) is 0 Å². The number of ether oxygens (including phenoxy) is 3. The minimum Gasteiger partial charge on any atom is -0.455 e. The lowest BCUT2D eigenvalue weighted by molar-refractivity contribution is -0.241. The number of rotatable bonds is 15. The summed E-state index contributed by atoms with van der Waals surface area (Å²) in [6, 6.07) is 0. The average Bonchev–Trinajstić information content (AvgIpc) is 2.73. The Morgan fingerprint density at radius 2 is 0.667 bits per heavy atom. The number of hydrogen-bond acceptors (Lipinski definition) is 15. The molecular formula is C15H27O21P3. The summed E-state index contributed by atoms with van der Waals surface area (Å²) in [5.41, 5.74) is 0. The van der Waals surface area contributed by atoms with Crippen LogP contribution in [0, 0.1) is 0 Å². The van der Waals surface area contributed by atoms with E-state index in [0.717, 1.165) is 0 Å². The average molecular weight is 636 g/mol. The molecule has 0 aromatic heterocycles. The molecule has 39 heavy (non-hydrogen) atoms. The number of carbonyl (C=O) groups excluding carboxylic acids is 3. The molecule has 0 amide bonds. The van der Waals surface area contributed by atoms with Crippen LogP contribution in [0.2, 0.25) is 0 Å². The minimum absolute atomic E-state index is 0.804. The Kier molecular flexibility index (Phi) is 13.7. The number of hydrogen-bond donors (Lipinski definition) is 9. The van der Waals surface area contributed by atoms with E-state index in [2.05, 4.69) is 13.6 Å². The van der Waals surface area contributed by atoms with Crippen LogP contribution in [0.25, 0.3) is 0 Å². The van der Waals surface area contributed by atoms with E-state index in [1.165, 1.54) is 0 Å². The van der Waals surface area contributed by atoms with Crippen LogP contribution in [0.3, 0.4) is 0 Å². The van der Waals surface area contributed by atoms with Gasteiger partial charge in [0.25, 0.3) is 0 Å². The summed E-state index contributed by atoms with van der Waals surface area (Å²) in [6.45, 7) is -2.60. The van der Waals surface area contributed by atoms with Gasteiger partial charge in [-0.2, -0.15) is 0 Å². The van der Waals surface area contributed by atoms with E-state index in [0.29, 0.717) is 0 Å². The van der Waals surface area contributed by atoms with Crippen molar-refractivity contribution in [1.29, 1.82) is 0 Å². The highest BCUT2D eigenvalue weighted by molar-refractivity contribution is 7.47. The predicted molar refractivity (Wildman–Crippen MR) is 115 cm³/mol. The van der Waals surface area contributed by atoms with Crippen LogP contribution in [-0.2, 0) is 55.9 Å². The van der Waals surface area contributed by atoms with Gasteiger partial charge in [-0.3, -0.25) is 28.0 Å². The molecule has 9 N–H and O–H groups in total. The van der Waals surface area contributed by atoms with Crippen molar-refractivity contribution >= 4 is 41.4 Å². The van der Waals surface area contributed by atoms with Crippen molar-refractivity contribution in [3.8, 4) is 0 Å². The van der Waals surface area contributed by atoms with Crippen molar-refractivity contribution in [3.05, 3.63) is 0 Å². The van der Waals surface area contributed by atoms with Crippen LogP contribution in [0.1, 0.15) is 19.3 Å². The van der Waals surface area contributed by atoms with E-state index in [1.807, 2.05) is 0 Å². The fourth-order valence-corrected chi connectivity index (χ4v) is 4.94. The third-order valence-corrected chi connectivity index (χ3v) is 6.02. The molecular weight excluding hydrogens is 609 g/mol. The second kappa shape index (κ2) is 15.0. The predicted octanol–water partition coefficient (Wildman–Crippen LogP) is -3.68. The maximum atomic E-state index is 12.2. The Balaban J connectivity index is 3.94. The highest BCUT2D eigenvalue weighted by atomic mass is 31.2. The Bertz CT molecular complexity index is 927. The van der Waals surface area contributed by atoms with Crippen molar-refractivity contribution in [3.63, 3.8) is 0 Å². The molecule has 0 aromatic rings. The zero-order valence-corrected chi connectivity index (χ0v) is 22.2. The molecule has 1 fully saturated rings. The van der Waals surface area contributed by atoms with E-state index in [4.69, 9.17) is 29.5 Å². The molecule has 1 aliphatic rings. The molecule has 21 nitrogen and oxygen atoms in total. The van der Waals surface area contributed by atoms with E-state index in [9.17, 15) is 57.4 Å². The van der Waals surface area contributed by atoms with Crippen molar-refractivity contribution in [2.24, 2.45) is 0 Å². The lowest BCUT2D eigenvalue weighted by atomic mass is 9.84. The number of phosphoric acid groups is 3. The zero-order valence-electron chi connectivity index (χ0n) is 19.5. The Morgan fingerprint density at radius 1 is 0.462 bits per heavy atom. The van der Waals surface area contributed by atoms with Gasteiger partial charge in [-0.25, -0.2) is 13.7 Å². The first kappa shape index (κ1) is 35.6. The molecule has 1 aliphatic carbocycles. The first-order chi connectivity index (χ1) is 17.8. The molecule has 0 spiro atoms. The highest BCUT2D eigenvalue weighted by Crippen LogP contribution is 2.51. The van der Waals surface area contributed by atoms with E-state index >= 15 is 0 Å². The monoisotopic (exact) mass is 636 g/mol. The van der Waals surface area contributed by atoms with Gasteiger partial charge in [0.2, 0.25) is 0 Å². The highest BCUT2D eigenvalue weighted by Gasteiger charge is 2.62. The number of aliphatic hydroxyl groups is 3. The molecule has 0 aliphatic heterocycles. The number of esters is 3. The molecule has 1 saturated carbocycles. The largest absolute Gasteiger partial charge is 0.470 e. The SMILES string of the molecule is O=C(CCO)O[C@@H]1[C@@H](OC(=O)CCO)[C@H](OP(=O)(O)O)[C@@H](OP(=O)(O)O)[C@@H](OP(=O)(O)O)[C@H]1OC(=O)CCO. The Labute approximate surface area is 218 Å². The van der Waals surface area contributed by atoms with Gasteiger partial charge >= 0.3 is 41.4 Å². The fourth-order valence-electron chi connectivity index (χ4n) is 3.27. The second-order valence-corrected chi connectivity index (χ2v) is 11.0. The summed E-state index contributed by atoms with van der Waals surface area (Å²) in [5, 5.41) is 27.0. The van der Waals surface area contributed by atoms with Gasteiger partial charge in [0.1, 0.15) is 18.3 Å². The normalized spacial score (nSPS) is 26.1. The summed E-state index contributed by atoms with van der Waals surface area (Å²) in [5.74, 6) is -4.20. The Morgan fingerprint density at radius 3 is 0.872 bits per heavy atom. The molecule has 0 saturated heterocycles. The van der Waals surface area contributed by atoms with E-state index < -0.39 is 117 Å². The first-order valence-electron chi connectivity index (χ1n) is 10.4. The maximum absolute atomic E-state index is 12.2. The Hall–Kier alpha value is -1.38. The van der Waals surface area contributed by atoms with Crippen LogP contribution in [0.4, 0.5) is 0 Å². The third kappa shape index (κ3) is 12.8. The lowest BCUT2D eigenvalue weighted by Crippen LogP contribution is -2.67. The fraction of sp³-hybridized carbons (Fsp3) is 0.800. The molecule has 1 rings (SSSR count). The van der Waals surface area contributed by atoms with Gasteiger partial charge in [-0.05, 0) is 0 Å². The van der Waals surface area contributed by atoms with Gasteiger partial charge in [0.05, 0.1) is 39.1 Å². The maximum Gasteiger partial charge on any atom is 0.470 e.